The van der Waals surface area contributed by atoms with Gasteiger partial charge in [0.05, 0.1) is 6.20 Å². The van der Waals surface area contributed by atoms with Gasteiger partial charge in [-0.25, -0.2) is 0 Å². The first kappa shape index (κ1) is 10.7. The molecule has 1 unspecified atom stereocenters. The number of rotatable bonds is 2. The minimum Gasteiger partial charge on any atom is -0.384 e. The molecule has 1 aromatic heterocycles. The second-order valence-electron chi connectivity index (χ2n) is 3.93. The van der Waals surface area contributed by atoms with Crippen molar-refractivity contribution in [3.05, 3.63) is 46.6 Å². The summed E-state index contributed by atoms with van der Waals surface area (Å²) in [6.07, 6.45) is 0.834. The molecule has 1 atom stereocenters. The Balaban J connectivity index is 2.46. The Bertz CT molecular complexity index is 505. The predicted octanol–water partition coefficient (Wildman–Crippen LogP) is 1.69. The molecule has 0 fully saturated rings. The van der Waals surface area contributed by atoms with Crippen LogP contribution in [0.2, 0.25) is 0 Å². The second kappa shape index (κ2) is 3.98. The van der Waals surface area contributed by atoms with Crippen LogP contribution in [-0.2, 0) is 0 Å². The Kier molecular flexibility index (Phi) is 2.66. The average molecular weight is 217 g/mol. The second-order valence-corrected chi connectivity index (χ2v) is 3.93. The molecule has 0 aliphatic rings. The van der Waals surface area contributed by atoms with Gasteiger partial charge in [0.25, 0.3) is 0 Å². The Labute approximate surface area is 94.1 Å². The number of nitrogens with two attached hydrogens (primary N) is 1. The van der Waals surface area contributed by atoms with Crippen molar-refractivity contribution in [1.82, 2.24) is 10.2 Å². The Morgan fingerprint density at radius 3 is 2.69 bits per heavy atom. The van der Waals surface area contributed by atoms with Crippen LogP contribution < -0.4 is 5.73 Å². The van der Waals surface area contributed by atoms with E-state index in [1.54, 1.807) is 6.20 Å². The molecular formula is C12H15N3O. The maximum atomic E-state index is 10.2. The lowest BCUT2D eigenvalue weighted by atomic mass is 9.96. The monoisotopic (exact) mass is 217 g/mol. The van der Waals surface area contributed by atoms with Crippen molar-refractivity contribution in [2.75, 3.05) is 5.73 Å². The van der Waals surface area contributed by atoms with Crippen molar-refractivity contribution in [2.45, 2.75) is 20.0 Å². The third-order valence-corrected chi connectivity index (χ3v) is 2.94. The fourth-order valence-electron chi connectivity index (χ4n) is 1.76. The molecule has 4 N–H and O–H groups in total. The van der Waals surface area contributed by atoms with Gasteiger partial charge in [0.1, 0.15) is 11.9 Å². The predicted molar refractivity (Wildman–Crippen MR) is 63.0 cm³/mol. The Hall–Kier alpha value is -1.81. The molecule has 0 aliphatic carbocycles. The molecule has 0 saturated heterocycles. The molecule has 4 nitrogen and oxygen atoms in total. The summed E-state index contributed by atoms with van der Waals surface area (Å²) in [7, 11) is 0. The number of anilines is 1. The molecule has 2 rings (SSSR count). The average Bonchev–Trinajstić information content (AvgIpc) is 2.68. The highest BCUT2D eigenvalue weighted by atomic mass is 16.3. The summed E-state index contributed by atoms with van der Waals surface area (Å²) >= 11 is 0. The van der Waals surface area contributed by atoms with Gasteiger partial charge >= 0.3 is 0 Å². The number of H-pyrrole nitrogens is 1. The summed E-state index contributed by atoms with van der Waals surface area (Å²) in [6.45, 7) is 4.01. The van der Waals surface area contributed by atoms with Gasteiger partial charge in [0.15, 0.2) is 0 Å². The van der Waals surface area contributed by atoms with E-state index in [1.165, 1.54) is 0 Å². The fraction of sp³-hybridized carbons (Fsp3) is 0.250. The van der Waals surface area contributed by atoms with Crippen molar-refractivity contribution < 1.29 is 5.11 Å². The quantitative estimate of drug-likeness (QED) is 0.716. The van der Waals surface area contributed by atoms with Gasteiger partial charge in [-0.2, -0.15) is 5.10 Å². The van der Waals surface area contributed by atoms with Crippen LogP contribution in [0.1, 0.15) is 28.4 Å². The highest BCUT2D eigenvalue weighted by Crippen LogP contribution is 2.28. The highest BCUT2D eigenvalue weighted by Gasteiger charge is 2.17. The van der Waals surface area contributed by atoms with Crippen molar-refractivity contribution in [3.63, 3.8) is 0 Å². The topological polar surface area (TPSA) is 74.9 Å². The SMILES string of the molecule is Cc1cccc(C(O)c2cn[nH]c2N)c1C. The Morgan fingerprint density at radius 1 is 1.31 bits per heavy atom. The summed E-state index contributed by atoms with van der Waals surface area (Å²) in [4.78, 5) is 0. The number of nitrogens with one attached hydrogen (secondary N) is 1. The van der Waals surface area contributed by atoms with Crippen molar-refractivity contribution >= 4 is 5.82 Å². The maximum absolute atomic E-state index is 10.2. The number of hydrogen-bond acceptors (Lipinski definition) is 3. The normalized spacial score (nSPS) is 12.7. The van der Waals surface area contributed by atoms with Crippen LogP contribution in [0.15, 0.2) is 24.4 Å². The number of nitrogen functional groups attached to an aromatic ring is 1. The largest absolute Gasteiger partial charge is 0.384 e. The lowest BCUT2D eigenvalue weighted by molar-refractivity contribution is 0.220. The molecule has 0 saturated carbocycles. The molecule has 0 aliphatic heterocycles. The van der Waals surface area contributed by atoms with Crippen LogP contribution in [-0.4, -0.2) is 15.3 Å². The molecule has 84 valence electrons. The number of nitrogens with zero attached hydrogens (tertiary/aromatic N) is 1. The summed E-state index contributed by atoms with van der Waals surface area (Å²) in [5, 5.41) is 16.7. The first-order chi connectivity index (χ1) is 7.61. The fourth-order valence-corrected chi connectivity index (χ4v) is 1.76. The number of hydrogen-bond donors (Lipinski definition) is 3. The van der Waals surface area contributed by atoms with Gasteiger partial charge in [-0.1, -0.05) is 18.2 Å². The van der Waals surface area contributed by atoms with Gasteiger partial charge in [-0.3, -0.25) is 5.10 Å². The van der Waals surface area contributed by atoms with Crippen LogP contribution in [0.4, 0.5) is 5.82 Å². The van der Waals surface area contributed by atoms with E-state index < -0.39 is 6.10 Å². The highest BCUT2D eigenvalue weighted by molar-refractivity contribution is 5.46. The van der Waals surface area contributed by atoms with E-state index in [2.05, 4.69) is 10.2 Å². The van der Waals surface area contributed by atoms with E-state index in [-0.39, 0.29) is 0 Å². The zero-order valence-corrected chi connectivity index (χ0v) is 9.36. The molecule has 1 aromatic carbocycles. The van der Waals surface area contributed by atoms with E-state index in [0.29, 0.717) is 11.4 Å². The first-order valence-corrected chi connectivity index (χ1v) is 5.14. The lowest BCUT2D eigenvalue weighted by Gasteiger charge is -2.14. The number of aliphatic hydroxyl groups is 1. The lowest BCUT2D eigenvalue weighted by Crippen LogP contribution is -2.04. The minimum atomic E-state index is -0.723. The summed E-state index contributed by atoms with van der Waals surface area (Å²) in [5.41, 5.74) is 9.41. The number of aliphatic hydroxyl groups excluding tert-OH is 1. The van der Waals surface area contributed by atoms with E-state index in [9.17, 15) is 5.11 Å². The van der Waals surface area contributed by atoms with E-state index >= 15 is 0 Å². The van der Waals surface area contributed by atoms with Crippen molar-refractivity contribution in [3.8, 4) is 0 Å². The van der Waals surface area contributed by atoms with Crippen LogP contribution in [0.3, 0.4) is 0 Å². The number of aromatic nitrogens is 2. The van der Waals surface area contributed by atoms with Gasteiger partial charge in [0, 0.05) is 5.56 Å². The summed E-state index contributed by atoms with van der Waals surface area (Å²) < 4.78 is 0. The van der Waals surface area contributed by atoms with Crippen LogP contribution in [0.5, 0.6) is 0 Å². The number of aromatic amines is 1. The first-order valence-electron chi connectivity index (χ1n) is 5.14. The zero-order chi connectivity index (χ0) is 11.7. The molecule has 0 spiro atoms. The molecule has 4 heteroatoms. The molecule has 16 heavy (non-hydrogen) atoms. The van der Waals surface area contributed by atoms with E-state index in [0.717, 1.165) is 16.7 Å². The third kappa shape index (κ3) is 1.67. The standard InChI is InChI=1S/C12H15N3O/c1-7-4-3-5-9(8(7)2)11(16)10-6-14-15-12(10)13/h3-6,11,16H,1-2H3,(H3,13,14,15). The van der Waals surface area contributed by atoms with E-state index in [1.807, 2.05) is 32.0 Å². The third-order valence-electron chi connectivity index (χ3n) is 2.94. The van der Waals surface area contributed by atoms with Gasteiger partial charge in [-0.15, -0.1) is 0 Å². The van der Waals surface area contributed by atoms with Crippen LogP contribution in [0, 0.1) is 13.8 Å². The molecule has 1 heterocycles. The molecular weight excluding hydrogens is 202 g/mol. The molecule has 2 aromatic rings. The van der Waals surface area contributed by atoms with Crippen molar-refractivity contribution in [2.24, 2.45) is 0 Å². The maximum Gasteiger partial charge on any atom is 0.125 e. The molecule has 0 bridgehead atoms. The smallest absolute Gasteiger partial charge is 0.125 e. The zero-order valence-electron chi connectivity index (χ0n) is 9.36. The molecule has 0 amide bonds. The van der Waals surface area contributed by atoms with Crippen LogP contribution in [0.25, 0.3) is 0 Å². The number of aryl methyl sites for hydroxylation is 1. The number of benzene rings is 1. The summed E-state index contributed by atoms with van der Waals surface area (Å²) in [5.74, 6) is 0.411. The Morgan fingerprint density at radius 2 is 2.06 bits per heavy atom. The van der Waals surface area contributed by atoms with E-state index in [4.69, 9.17) is 5.73 Å². The van der Waals surface area contributed by atoms with Crippen molar-refractivity contribution in [1.29, 1.82) is 0 Å². The minimum absolute atomic E-state index is 0.411. The van der Waals surface area contributed by atoms with Gasteiger partial charge in [0.2, 0.25) is 0 Å². The van der Waals surface area contributed by atoms with Crippen LogP contribution >= 0.6 is 0 Å². The van der Waals surface area contributed by atoms with Gasteiger partial charge in [-0.05, 0) is 30.5 Å². The molecule has 0 radical (unpaired) electrons. The summed E-state index contributed by atoms with van der Waals surface area (Å²) in [6, 6.07) is 5.85. The van der Waals surface area contributed by atoms with Gasteiger partial charge < -0.3 is 10.8 Å².